The van der Waals surface area contributed by atoms with E-state index in [9.17, 15) is 22.0 Å². The van der Waals surface area contributed by atoms with Crippen molar-refractivity contribution in [2.24, 2.45) is 5.92 Å². The molecule has 5 heterocycles. The first-order chi connectivity index (χ1) is 21.0. The van der Waals surface area contributed by atoms with Crippen LogP contribution in [0.2, 0.25) is 0 Å². The average molecular weight is 639 g/mol. The second-order valence-electron chi connectivity index (χ2n) is 14.4. The number of aromatic nitrogens is 3. The summed E-state index contributed by atoms with van der Waals surface area (Å²) in [4.78, 5) is 29.7. The van der Waals surface area contributed by atoms with E-state index in [0.717, 1.165) is 24.1 Å². The number of sulfonamides is 1. The second kappa shape index (κ2) is 11.0. The van der Waals surface area contributed by atoms with Crippen molar-refractivity contribution < 1.29 is 22.0 Å². The van der Waals surface area contributed by atoms with E-state index in [0.29, 0.717) is 30.3 Å². The lowest BCUT2D eigenvalue weighted by molar-refractivity contribution is -0.0868. The highest BCUT2D eigenvalue weighted by Gasteiger charge is 2.46. The molecule has 2 aliphatic heterocycles. The molecule has 3 aliphatic rings. The Hall–Kier alpha value is -3.67. The molecule has 0 spiro atoms. The van der Waals surface area contributed by atoms with Gasteiger partial charge in [0.15, 0.2) is 5.03 Å². The van der Waals surface area contributed by atoms with Gasteiger partial charge in [-0.3, -0.25) is 9.78 Å². The van der Waals surface area contributed by atoms with Crippen molar-refractivity contribution >= 4 is 27.6 Å². The fourth-order valence-corrected chi connectivity index (χ4v) is 7.65. The number of hydrogen-bond donors (Lipinski definition) is 2. The van der Waals surface area contributed by atoms with Crippen molar-refractivity contribution in [2.75, 3.05) is 16.8 Å². The van der Waals surface area contributed by atoms with E-state index < -0.39 is 21.9 Å². The summed E-state index contributed by atoms with van der Waals surface area (Å²) >= 11 is 0. The van der Waals surface area contributed by atoms with E-state index in [4.69, 9.17) is 4.98 Å². The minimum atomic E-state index is -4.33. The summed E-state index contributed by atoms with van der Waals surface area (Å²) in [5.74, 6) is -2.54. The molecule has 3 aromatic rings. The van der Waals surface area contributed by atoms with E-state index in [1.54, 1.807) is 30.5 Å². The Bertz CT molecular complexity index is 1710. The van der Waals surface area contributed by atoms with Crippen LogP contribution in [0.5, 0.6) is 0 Å². The first-order valence-electron chi connectivity index (χ1n) is 15.4. The second-order valence-corrected chi connectivity index (χ2v) is 16.0. The van der Waals surface area contributed by atoms with E-state index in [1.165, 1.54) is 6.07 Å². The van der Waals surface area contributed by atoms with Crippen molar-refractivity contribution in [1.29, 1.82) is 0 Å². The molecule has 0 aromatic carbocycles. The summed E-state index contributed by atoms with van der Waals surface area (Å²) < 4.78 is 56.1. The SMILES string of the molecule is CC(C)(C)c1ccc2c(n1)N1C[C@@H](CCC(c3ccc(C4CC(F)(F)C4)cn3)Nc3cccc(n3)S(=O)(=O)NC2=O)CC1(C)C. The summed E-state index contributed by atoms with van der Waals surface area (Å²) in [6, 6.07) is 11.4. The molecular weight excluding hydrogens is 598 g/mol. The van der Waals surface area contributed by atoms with E-state index in [2.05, 4.69) is 38.8 Å². The van der Waals surface area contributed by atoms with Crippen molar-refractivity contribution in [2.45, 2.75) is 101 Å². The summed E-state index contributed by atoms with van der Waals surface area (Å²) in [6.07, 6.45) is 3.67. The zero-order valence-corrected chi connectivity index (χ0v) is 27.1. The van der Waals surface area contributed by atoms with Gasteiger partial charge in [-0.15, -0.1) is 0 Å². The molecule has 9 nitrogen and oxygen atoms in total. The average Bonchev–Trinajstić information content (AvgIpc) is 3.26. The van der Waals surface area contributed by atoms with Crippen LogP contribution in [0.25, 0.3) is 0 Å². The molecule has 1 unspecified atom stereocenters. The number of alkyl halides is 2. The maximum absolute atomic E-state index is 13.6. The summed E-state index contributed by atoms with van der Waals surface area (Å²) in [5, 5.41) is 3.07. The molecule has 2 atom stereocenters. The molecule has 6 rings (SSSR count). The quantitative estimate of drug-likeness (QED) is 0.334. The Morgan fingerprint density at radius 2 is 1.73 bits per heavy atom. The number of nitrogens with one attached hydrogen (secondary N) is 2. The maximum Gasteiger partial charge on any atom is 0.281 e. The fraction of sp³-hybridized carbons (Fsp3) is 0.515. The first-order valence-corrected chi connectivity index (χ1v) is 16.9. The number of nitrogens with zero attached hydrogens (tertiary/aromatic N) is 4. The maximum atomic E-state index is 13.6. The lowest BCUT2D eigenvalue weighted by Gasteiger charge is -2.35. The summed E-state index contributed by atoms with van der Waals surface area (Å²) in [7, 11) is -4.33. The molecule has 0 radical (unpaired) electrons. The standard InChI is InChI=1S/C33H40F2N6O3S/c1-31(2,3)26-14-11-23-29(38-26)41-19-20(15-32(41,4)5)9-12-25(24-13-10-21(18-36-24)22-16-33(34,35)17-22)37-27-7-6-8-28(39-27)45(43,44)40-30(23)42/h6-8,10-11,13-14,18,20,22,25H,9,12,15-17,19H2,1-5H3,(H,37,39)(H,40,42)/t20-,25?/m0/s1. The molecule has 3 aromatic heterocycles. The Morgan fingerprint density at radius 1 is 0.978 bits per heavy atom. The van der Waals surface area contributed by atoms with Gasteiger partial charge in [0.25, 0.3) is 15.9 Å². The number of fused-ring (bicyclic) bond motifs is 6. The molecule has 2 fully saturated rings. The Kier molecular flexibility index (Phi) is 7.65. The van der Waals surface area contributed by atoms with Crippen molar-refractivity contribution in [3.63, 3.8) is 0 Å². The molecule has 240 valence electrons. The molecular formula is C33H40F2N6O3S. The third kappa shape index (κ3) is 6.39. The van der Waals surface area contributed by atoms with Crippen molar-refractivity contribution in [1.82, 2.24) is 19.7 Å². The zero-order chi connectivity index (χ0) is 32.4. The van der Waals surface area contributed by atoms with Crippen molar-refractivity contribution in [3.05, 3.63) is 71.2 Å². The third-order valence-electron chi connectivity index (χ3n) is 9.24. The van der Waals surface area contributed by atoms with Gasteiger partial charge in [-0.05, 0) is 80.8 Å². The van der Waals surface area contributed by atoms with Crippen LogP contribution in [-0.2, 0) is 15.4 Å². The molecule has 45 heavy (non-hydrogen) atoms. The van der Waals surface area contributed by atoms with Crippen LogP contribution >= 0.6 is 0 Å². The van der Waals surface area contributed by atoms with Crippen molar-refractivity contribution in [3.8, 4) is 0 Å². The topological polar surface area (TPSA) is 117 Å². The van der Waals surface area contributed by atoms with Crippen LogP contribution in [0.3, 0.4) is 0 Å². The van der Waals surface area contributed by atoms with Gasteiger partial charge in [-0.25, -0.2) is 23.5 Å². The van der Waals surface area contributed by atoms with Gasteiger partial charge in [-0.2, -0.15) is 8.42 Å². The summed E-state index contributed by atoms with van der Waals surface area (Å²) in [6.45, 7) is 11.0. The van der Waals surface area contributed by atoms with Crippen LogP contribution in [-0.4, -0.2) is 47.3 Å². The number of halogens is 2. The highest BCUT2D eigenvalue weighted by molar-refractivity contribution is 7.90. The predicted molar refractivity (Wildman–Crippen MR) is 168 cm³/mol. The Morgan fingerprint density at radius 3 is 2.40 bits per heavy atom. The number of rotatable bonds is 2. The van der Waals surface area contributed by atoms with Gasteiger partial charge in [-0.1, -0.05) is 32.9 Å². The molecule has 4 bridgehead atoms. The van der Waals surface area contributed by atoms with Gasteiger partial charge >= 0.3 is 0 Å². The van der Waals surface area contributed by atoms with Gasteiger partial charge in [0.05, 0.1) is 17.3 Å². The number of pyridine rings is 3. The van der Waals surface area contributed by atoms with E-state index in [-0.39, 0.29) is 52.3 Å². The largest absolute Gasteiger partial charge is 0.362 e. The normalized spacial score (nSPS) is 24.3. The third-order valence-corrected chi connectivity index (χ3v) is 10.5. The van der Waals surface area contributed by atoms with E-state index in [1.807, 2.05) is 32.9 Å². The van der Waals surface area contributed by atoms with Gasteiger partial charge < -0.3 is 10.2 Å². The predicted octanol–water partition coefficient (Wildman–Crippen LogP) is 6.35. The zero-order valence-electron chi connectivity index (χ0n) is 26.3. The first kappa shape index (κ1) is 31.3. The van der Waals surface area contributed by atoms with Gasteiger partial charge in [0.1, 0.15) is 11.6 Å². The monoisotopic (exact) mass is 638 g/mol. The highest BCUT2D eigenvalue weighted by Crippen LogP contribution is 2.48. The Balaban J connectivity index is 1.38. The molecule has 1 amide bonds. The van der Waals surface area contributed by atoms with Crippen LogP contribution in [0, 0.1) is 5.92 Å². The number of carbonyl (C=O) groups excluding carboxylic acids is 1. The Labute approximate surface area is 263 Å². The van der Waals surface area contributed by atoms with Crippen LogP contribution in [0.1, 0.15) is 106 Å². The van der Waals surface area contributed by atoms with Gasteiger partial charge in [0.2, 0.25) is 5.92 Å². The number of carbonyl (C=O) groups is 1. The van der Waals surface area contributed by atoms with Crippen LogP contribution < -0.4 is 14.9 Å². The molecule has 1 saturated carbocycles. The minimum absolute atomic E-state index is 0.166. The number of anilines is 2. The fourth-order valence-electron chi connectivity index (χ4n) is 6.71. The molecule has 1 aliphatic carbocycles. The van der Waals surface area contributed by atoms with Crippen LogP contribution in [0.4, 0.5) is 20.4 Å². The lowest BCUT2D eigenvalue weighted by Crippen LogP contribution is -2.41. The molecule has 2 N–H and O–H groups in total. The van der Waals surface area contributed by atoms with Crippen LogP contribution in [0.15, 0.2) is 53.7 Å². The number of hydrogen-bond acceptors (Lipinski definition) is 8. The number of amides is 1. The summed E-state index contributed by atoms with van der Waals surface area (Å²) in [5.41, 5.74) is 1.86. The minimum Gasteiger partial charge on any atom is -0.362 e. The highest BCUT2D eigenvalue weighted by atomic mass is 32.2. The van der Waals surface area contributed by atoms with E-state index >= 15 is 0 Å². The lowest BCUT2D eigenvalue weighted by atomic mass is 9.77. The molecule has 12 heteroatoms. The van der Waals surface area contributed by atoms with Gasteiger partial charge in [0, 0.05) is 42.2 Å². The molecule has 1 saturated heterocycles. The smallest absolute Gasteiger partial charge is 0.281 e.